The maximum Gasteiger partial charge on any atom is 1.00 e. The zero-order valence-electron chi connectivity index (χ0n) is 18.3. The second-order valence-corrected chi connectivity index (χ2v) is 7.84. The van der Waals surface area contributed by atoms with Gasteiger partial charge < -0.3 is 6.53 Å². The standard InChI is InChI=1S/C10H9Cl2F3O.C10H5Cl2F3O.B.Na.H/c2*11-7-2-1-6(5-8(7)12)9(16)3-4-10(13,14)15;;;/h1-2,5,9,16H,3-4H2;1-5H;;;/q;;;+1;-1/b;4-3+;;;. The molecule has 0 aliphatic heterocycles. The quantitative estimate of drug-likeness (QED) is 0.224. The van der Waals surface area contributed by atoms with E-state index in [1.54, 1.807) is 0 Å². The Morgan fingerprint density at radius 3 is 1.85 bits per heavy atom. The van der Waals surface area contributed by atoms with Gasteiger partial charge in [-0.25, -0.2) is 0 Å². The molecule has 181 valence electrons. The molecule has 2 aromatic rings. The molecular formula is C20H15BCl4F6NaO2. The van der Waals surface area contributed by atoms with Gasteiger partial charge in [0.2, 0.25) is 0 Å². The summed E-state index contributed by atoms with van der Waals surface area (Å²) >= 11 is 22.5. The Morgan fingerprint density at radius 1 is 0.912 bits per heavy atom. The molecule has 2 rings (SSSR count). The molecular weight excluding hydrogens is 562 g/mol. The molecule has 0 spiro atoms. The van der Waals surface area contributed by atoms with Gasteiger partial charge in [-0.15, -0.1) is 0 Å². The van der Waals surface area contributed by atoms with Crippen LogP contribution in [0.25, 0.3) is 0 Å². The van der Waals surface area contributed by atoms with Crippen molar-refractivity contribution in [1.29, 1.82) is 0 Å². The fourth-order valence-electron chi connectivity index (χ4n) is 2.10. The number of hydrogen-bond acceptors (Lipinski definition) is 2. The van der Waals surface area contributed by atoms with Crippen LogP contribution in [-0.4, -0.2) is 31.7 Å². The summed E-state index contributed by atoms with van der Waals surface area (Å²) in [5.41, 5.74) is 0.383. The molecule has 0 amide bonds. The molecule has 1 atom stereocenters. The van der Waals surface area contributed by atoms with E-state index in [0.717, 1.165) is 0 Å². The smallest absolute Gasteiger partial charge is 1.00 e. The number of hydrogen-bond donors (Lipinski definition) is 1. The summed E-state index contributed by atoms with van der Waals surface area (Å²) < 4.78 is 71.1. The number of carbonyl (C=O) groups is 1. The third-order valence-corrected chi connectivity index (χ3v) is 5.14. The van der Waals surface area contributed by atoms with Crippen LogP contribution in [0.2, 0.25) is 20.1 Å². The summed E-state index contributed by atoms with van der Waals surface area (Å²) in [6.07, 6.45) is -11.1. The van der Waals surface area contributed by atoms with E-state index in [9.17, 15) is 36.2 Å². The van der Waals surface area contributed by atoms with E-state index in [2.05, 4.69) is 0 Å². The molecule has 0 bridgehead atoms. The minimum absolute atomic E-state index is 0. The zero-order chi connectivity index (χ0) is 24.7. The van der Waals surface area contributed by atoms with E-state index in [0.29, 0.717) is 16.7 Å². The largest absolute Gasteiger partial charge is 1.00 e. The van der Waals surface area contributed by atoms with E-state index in [1.165, 1.54) is 36.4 Å². The Hall–Kier alpha value is -0.385. The molecule has 2 nitrogen and oxygen atoms in total. The van der Waals surface area contributed by atoms with Gasteiger partial charge in [0.15, 0.2) is 5.78 Å². The van der Waals surface area contributed by atoms with Crippen molar-refractivity contribution in [2.45, 2.75) is 31.3 Å². The Bertz CT molecular complexity index is 978. The van der Waals surface area contributed by atoms with E-state index in [-0.39, 0.29) is 72.5 Å². The Kier molecular flexibility index (Phi) is 16.5. The Labute approximate surface area is 237 Å². The summed E-state index contributed by atoms with van der Waals surface area (Å²) in [4.78, 5) is 11.3. The van der Waals surface area contributed by atoms with Crippen LogP contribution in [0.4, 0.5) is 26.3 Å². The van der Waals surface area contributed by atoms with Gasteiger partial charge in [0, 0.05) is 26.5 Å². The normalized spacial score (nSPS) is 12.2. The van der Waals surface area contributed by atoms with Gasteiger partial charge in [0.05, 0.1) is 26.2 Å². The van der Waals surface area contributed by atoms with Gasteiger partial charge in [0.1, 0.15) is 0 Å². The average molecular weight is 577 g/mol. The predicted molar refractivity (Wildman–Crippen MR) is 120 cm³/mol. The number of rotatable bonds is 5. The van der Waals surface area contributed by atoms with E-state index < -0.39 is 30.7 Å². The first-order valence-electron chi connectivity index (χ1n) is 8.54. The number of aliphatic hydroxyl groups excluding tert-OH is 1. The molecule has 0 aromatic heterocycles. The minimum Gasteiger partial charge on any atom is -1.00 e. The first-order valence-corrected chi connectivity index (χ1v) is 10.1. The monoisotopic (exact) mass is 575 g/mol. The number of carbonyl (C=O) groups excluding carboxylic acids is 1. The summed E-state index contributed by atoms with van der Waals surface area (Å²) in [5.74, 6) is -0.782. The van der Waals surface area contributed by atoms with Crippen LogP contribution < -0.4 is 29.6 Å². The number of halogens is 10. The summed E-state index contributed by atoms with van der Waals surface area (Å²) in [5, 5.41) is 10.4. The molecule has 0 heterocycles. The van der Waals surface area contributed by atoms with Crippen LogP contribution >= 0.6 is 46.4 Å². The molecule has 14 heteroatoms. The van der Waals surface area contributed by atoms with Crippen LogP contribution in [0.1, 0.15) is 36.3 Å². The fraction of sp³-hybridized carbons (Fsp3) is 0.250. The van der Waals surface area contributed by atoms with Crippen molar-refractivity contribution in [3.63, 3.8) is 0 Å². The van der Waals surface area contributed by atoms with Crippen molar-refractivity contribution in [3.05, 3.63) is 79.8 Å². The summed E-state index contributed by atoms with van der Waals surface area (Å²) in [6.45, 7) is 0. The second kappa shape index (κ2) is 15.7. The van der Waals surface area contributed by atoms with Crippen molar-refractivity contribution in [3.8, 4) is 0 Å². The second-order valence-electron chi connectivity index (χ2n) is 6.21. The average Bonchev–Trinajstić information content (AvgIpc) is 2.68. The molecule has 0 fully saturated rings. The van der Waals surface area contributed by atoms with Crippen LogP contribution in [0.15, 0.2) is 48.6 Å². The zero-order valence-corrected chi connectivity index (χ0v) is 22.3. The van der Waals surface area contributed by atoms with Gasteiger partial charge in [-0.2, -0.15) is 26.3 Å². The molecule has 0 saturated heterocycles. The maximum atomic E-state index is 11.9. The van der Waals surface area contributed by atoms with E-state index >= 15 is 0 Å². The van der Waals surface area contributed by atoms with Gasteiger partial charge in [-0.3, -0.25) is 4.79 Å². The first-order chi connectivity index (χ1) is 14.6. The molecule has 0 aliphatic carbocycles. The third-order valence-electron chi connectivity index (χ3n) is 3.66. The van der Waals surface area contributed by atoms with E-state index in [1.807, 2.05) is 0 Å². The SMILES string of the molecule is O=C(/C=C/C(F)(F)F)c1ccc(Cl)c(Cl)c1.OC(CCC(F)(F)F)c1ccc(Cl)c(Cl)c1.[B].[H-].[Na+]. The van der Waals surface area contributed by atoms with Crippen LogP contribution in [0.5, 0.6) is 0 Å². The van der Waals surface area contributed by atoms with E-state index in [4.69, 9.17) is 46.4 Å². The fourth-order valence-corrected chi connectivity index (χ4v) is 2.71. The van der Waals surface area contributed by atoms with Crippen molar-refractivity contribution >= 4 is 60.6 Å². The van der Waals surface area contributed by atoms with Crippen molar-refractivity contribution in [2.75, 3.05) is 0 Å². The number of ketones is 1. The molecule has 34 heavy (non-hydrogen) atoms. The first kappa shape index (κ1) is 35.8. The summed E-state index contributed by atoms with van der Waals surface area (Å²) in [6, 6.07) is 8.12. The predicted octanol–water partition coefficient (Wildman–Crippen LogP) is 5.40. The van der Waals surface area contributed by atoms with Gasteiger partial charge in [0.25, 0.3) is 0 Å². The maximum absolute atomic E-state index is 11.9. The molecule has 2 aromatic carbocycles. The molecule has 3 radical (unpaired) electrons. The number of benzene rings is 2. The number of aliphatic hydroxyl groups is 1. The Morgan fingerprint density at radius 2 is 1.41 bits per heavy atom. The molecule has 1 unspecified atom stereocenters. The topological polar surface area (TPSA) is 37.3 Å². The molecule has 0 aliphatic rings. The van der Waals surface area contributed by atoms with Gasteiger partial charge in [-0.1, -0.05) is 52.5 Å². The van der Waals surface area contributed by atoms with Crippen LogP contribution in [0, 0.1) is 0 Å². The third kappa shape index (κ3) is 14.2. The minimum atomic E-state index is -4.51. The van der Waals surface area contributed by atoms with Crippen molar-refractivity contribution in [1.82, 2.24) is 0 Å². The van der Waals surface area contributed by atoms with Crippen LogP contribution in [-0.2, 0) is 0 Å². The number of allylic oxidation sites excluding steroid dienone is 2. The van der Waals surface area contributed by atoms with Crippen molar-refractivity contribution in [2.24, 2.45) is 0 Å². The molecule has 0 saturated carbocycles. The summed E-state index contributed by atoms with van der Waals surface area (Å²) in [7, 11) is 0. The number of alkyl halides is 6. The van der Waals surface area contributed by atoms with Crippen LogP contribution in [0.3, 0.4) is 0 Å². The van der Waals surface area contributed by atoms with Gasteiger partial charge in [-0.05, 0) is 48.4 Å². The molecule has 1 N–H and O–H groups in total. The van der Waals surface area contributed by atoms with Crippen molar-refractivity contribution < 1.29 is 67.2 Å². The van der Waals surface area contributed by atoms with Gasteiger partial charge >= 0.3 is 41.9 Å². The Balaban J connectivity index is -0.000000539.